The summed E-state index contributed by atoms with van der Waals surface area (Å²) in [7, 11) is 1.38. The molecular weight excluding hydrogens is 220 g/mol. The summed E-state index contributed by atoms with van der Waals surface area (Å²) in [5.74, 6) is 6.44. The van der Waals surface area contributed by atoms with Crippen LogP contribution in [0.1, 0.15) is 27.9 Å². The van der Waals surface area contributed by atoms with Crippen molar-refractivity contribution < 1.29 is 9.53 Å². The Bertz CT molecular complexity index is 441. The second-order valence-electron chi connectivity index (χ2n) is 3.25. The van der Waals surface area contributed by atoms with Crippen LogP contribution < -0.4 is 0 Å². The molecular formula is C13H14O2S. The van der Waals surface area contributed by atoms with Gasteiger partial charge in [0.15, 0.2) is 0 Å². The Labute approximate surface area is 101 Å². The number of methoxy groups -OCH3 is 1. The molecule has 0 amide bonds. The highest BCUT2D eigenvalue weighted by Gasteiger charge is 2.10. The molecule has 0 aliphatic rings. The maximum atomic E-state index is 11.4. The minimum atomic E-state index is -0.324. The smallest absolute Gasteiger partial charge is 0.338 e. The van der Waals surface area contributed by atoms with Crippen molar-refractivity contribution in [2.45, 2.75) is 13.3 Å². The summed E-state index contributed by atoms with van der Waals surface area (Å²) in [6, 6.07) is 5.45. The second-order valence-corrected chi connectivity index (χ2v) is 3.69. The molecule has 1 aromatic rings. The Hall–Kier alpha value is -1.40. The molecule has 2 nitrogen and oxygen atoms in total. The molecule has 0 spiro atoms. The number of rotatable bonds is 2. The van der Waals surface area contributed by atoms with Crippen LogP contribution >= 0.6 is 12.6 Å². The molecule has 0 aliphatic carbocycles. The standard InChI is InChI=1S/C13H14O2S/c1-10-11(6-3-4-9-16)7-5-8-12(10)13(14)15-2/h5,7-8,16H,4,9H2,1-2H3. The molecule has 0 aromatic heterocycles. The van der Waals surface area contributed by atoms with Crippen LogP contribution in [0.3, 0.4) is 0 Å². The fourth-order valence-electron chi connectivity index (χ4n) is 1.32. The number of hydrogen-bond acceptors (Lipinski definition) is 3. The third-order valence-electron chi connectivity index (χ3n) is 2.20. The lowest BCUT2D eigenvalue weighted by molar-refractivity contribution is 0.0600. The quantitative estimate of drug-likeness (QED) is 0.483. The van der Waals surface area contributed by atoms with Gasteiger partial charge in [0.05, 0.1) is 12.7 Å². The van der Waals surface area contributed by atoms with E-state index in [0.29, 0.717) is 5.56 Å². The summed E-state index contributed by atoms with van der Waals surface area (Å²) in [6.45, 7) is 1.87. The predicted octanol–water partition coefficient (Wildman–Crippen LogP) is 2.45. The summed E-state index contributed by atoms with van der Waals surface area (Å²) < 4.78 is 4.70. The molecule has 0 unspecified atom stereocenters. The first-order valence-electron chi connectivity index (χ1n) is 4.98. The Balaban J connectivity index is 3.05. The number of benzene rings is 1. The Morgan fingerprint density at radius 2 is 2.25 bits per heavy atom. The minimum Gasteiger partial charge on any atom is -0.465 e. The zero-order chi connectivity index (χ0) is 12.0. The van der Waals surface area contributed by atoms with Crippen molar-refractivity contribution in [1.29, 1.82) is 0 Å². The van der Waals surface area contributed by atoms with Gasteiger partial charge >= 0.3 is 5.97 Å². The van der Waals surface area contributed by atoms with Crippen LogP contribution in [0.4, 0.5) is 0 Å². The first-order valence-corrected chi connectivity index (χ1v) is 5.61. The van der Waals surface area contributed by atoms with Crippen LogP contribution in [0.25, 0.3) is 0 Å². The van der Waals surface area contributed by atoms with Gasteiger partial charge in [-0.05, 0) is 24.6 Å². The summed E-state index contributed by atoms with van der Waals surface area (Å²) in [5, 5.41) is 0. The number of esters is 1. The van der Waals surface area contributed by atoms with Crippen LogP contribution in [0.2, 0.25) is 0 Å². The zero-order valence-corrected chi connectivity index (χ0v) is 10.3. The van der Waals surface area contributed by atoms with Crippen molar-refractivity contribution in [3.63, 3.8) is 0 Å². The molecule has 0 saturated heterocycles. The monoisotopic (exact) mass is 234 g/mol. The van der Waals surface area contributed by atoms with Gasteiger partial charge in [-0.3, -0.25) is 0 Å². The minimum absolute atomic E-state index is 0.324. The van der Waals surface area contributed by atoms with Gasteiger partial charge in [0.2, 0.25) is 0 Å². The van der Waals surface area contributed by atoms with Crippen LogP contribution in [0.5, 0.6) is 0 Å². The lowest BCUT2D eigenvalue weighted by Gasteiger charge is -2.04. The summed E-state index contributed by atoms with van der Waals surface area (Å²) in [6.07, 6.45) is 0.741. The third kappa shape index (κ3) is 3.04. The van der Waals surface area contributed by atoms with Gasteiger partial charge in [0.25, 0.3) is 0 Å². The highest BCUT2D eigenvalue weighted by molar-refractivity contribution is 7.80. The van der Waals surface area contributed by atoms with Gasteiger partial charge in [-0.1, -0.05) is 17.9 Å². The highest BCUT2D eigenvalue weighted by Crippen LogP contribution is 2.13. The van der Waals surface area contributed by atoms with Crippen molar-refractivity contribution >= 4 is 18.6 Å². The summed E-state index contributed by atoms with van der Waals surface area (Å²) >= 11 is 4.08. The molecule has 16 heavy (non-hydrogen) atoms. The normalized spacial score (nSPS) is 9.19. The predicted molar refractivity (Wildman–Crippen MR) is 67.9 cm³/mol. The van der Waals surface area contributed by atoms with Crippen LogP contribution in [-0.4, -0.2) is 18.8 Å². The van der Waals surface area contributed by atoms with Crippen molar-refractivity contribution in [2.75, 3.05) is 12.9 Å². The molecule has 1 rings (SSSR count). The van der Waals surface area contributed by atoms with E-state index < -0.39 is 0 Å². The van der Waals surface area contributed by atoms with E-state index in [-0.39, 0.29) is 5.97 Å². The molecule has 0 bridgehead atoms. The Morgan fingerprint density at radius 1 is 1.50 bits per heavy atom. The zero-order valence-electron chi connectivity index (χ0n) is 9.41. The van der Waals surface area contributed by atoms with Crippen molar-refractivity contribution in [3.05, 3.63) is 34.9 Å². The number of ether oxygens (including phenoxy) is 1. The number of carbonyl (C=O) groups is 1. The molecule has 1 aromatic carbocycles. The number of hydrogen-bond donors (Lipinski definition) is 1. The lowest BCUT2D eigenvalue weighted by atomic mass is 10.0. The van der Waals surface area contributed by atoms with Crippen molar-refractivity contribution in [3.8, 4) is 11.8 Å². The molecule has 0 fully saturated rings. The van der Waals surface area contributed by atoms with E-state index in [2.05, 4.69) is 24.5 Å². The molecule has 0 N–H and O–H groups in total. The number of carbonyl (C=O) groups excluding carboxylic acids is 1. The summed E-state index contributed by atoms with van der Waals surface area (Å²) in [4.78, 5) is 11.4. The second kappa shape index (κ2) is 6.24. The summed E-state index contributed by atoms with van der Waals surface area (Å²) in [5.41, 5.74) is 2.30. The first-order chi connectivity index (χ1) is 7.70. The molecule has 3 heteroatoms. The molecule has 0 saturated carbocycles. The van der Waals surface area contributed by atoms with Crippen LogP contribution in [0.15, 0.2) is 18.2 Å². The molecule has 0 aliphatic heterocycles. The first kappa shape index (κ1) is 12.7. The van der Waals surface area contributed by atoms with E-state index in [1.54, 1.807) is 6.07 Å². The van der Waals surface area contributed by atoms with Gasteiger partial charge in [-0.2, -0.15) is 12.6 Å². The van der Waals surface area contributed by atoms with Gasteiger partial charge in [-0.25, -0.2) is 4.79 Å². The Kier molecular flexibility index (Phi) is 4.94. The molecule has 0 atom stereocenters. The molecule has 0 heterocycles. The van der Waals surface area contributed by atoms with E-state index in [1.165, 1.54) is 7.11 Å². The maximum Gasteiger partial charge on any atom is 0.338 e. The average molecular weight is 234 g/mol. The van der Waals surface area contributed by atoms with Crippen LogP contribution in [-0.2, 0) is 4.74 Å². The van der Waals surface area contributed by atoms with Gasteiger partial charge in [-0.15, -0.1) is 0 Å². The van der Waals surface area contributed by atoms with Gasteiger partial charge < -0.3 is 4.74 Å². The lowest BCUT2D eigenvalue weighted by Crippen LogP contribution is -2.04. The highest BCUT2D eigenvalue weighted by atomic mass is 32.1. The largest absolute Gasteiger partial charge is 0.465 e. The van der Waals surface area contributed by atoms with E-state index in [4.69, 9.17) is 4.74 Å². The van der Waals surface area contributed by atoms with E-state index in [1.807, 2.05) is 19.1 Å². The molecule has 0 radical (unpaired) electrons. The van der Waals surface area contributed by atoms with E-state index >= 15 is 0 Å². The van der Waals surface area contributed by atoms with Crippen molar-refractivity contribution in [2.24, 2.45) is 0 Å². The topological polar surface area (TPSA) is 26.3 Å². The maximum absolute atomic E-state index is 11.4. The third-order valence-corrected chi connectivity index (χ3v) is 2.42. The fraction of sp³-hybridized carbons (Fsp3) is 0.308. The van der Waals surface area contributed by atoms with Gasteiger partial charge in [0, 0.05) is 17.7 Å². The van der Waals surface area contributed by atoms with Crippen LogP contribution in [0, 0.1) is 18.8 Å². The number of thiol groups is 1. The fourth-order valence-corrected chi connectivity index (χ4v) is 1.43. The van der Waals surface area contributed by atoms with Gasteiger partial charge in [0.1, 0.15) is 0 Å². The van der Waals surface area contributed by atoms with E-state index in [9.17, 15) is 4.79 Å². The van der Waals surface area contributed by atoms with Crippen molar-refractivity contribution in [1.82, 2.24) is 0 Å². The molecule has 84 valence electrons. The van der Waals surface area contributed by atoms with E-state index in [0.717, 1.165) is 23.3 Å². The Morgan fingerprint density at radius 3 is 2.88 bits per heavy atom. The average Bonchev–Trinajstić information content (AvgIpc) is 2.30. The SMILES string of the molecule is COC(=O)c1cccc(C#CCCS)c1C.